The molecule has 0 aliphatic carbocycles. The molecule has 4 nitrogen and oxygen atoms in total. The van der Waals surface area contributed by atoms with Gasteiger partial charge in [-0.05, 0) is 11.5 Å². The highest BCUT2D eigenvalue weighted by Crippen LogP contribution is 2.19. The monoisotopic (exact) mass is 240 g/mol. The van der Waals surface area contributed by atoms with Crippen molar-refractivity contribution in [1.29, 1.82) is 0 Å². The van der Waals surface area contributed by atoms with Gasteiger partial charge in [-0.15, -0.1) is 0 Å². The third kappa shape index (κ3) is 3.78. The molecule has 94 valence electrons. The number of nitrogens with zero attached hydrogens (tertiary/aromatic N) is 1. The molecule has 1 aromatic heterocycles. The van der Waals surface area contributed by atoms with Crippen LogP contribution in [0.1, 0.15) is 31.1 Å². The summed E-state index contributed by atoms with van der Waals surface area (Å²) in [5.74, 6) is -1.12. The summed E-state index contributed by atoms with van der Waals surface area (Å²) < 4.78 is 12.8. The Kier molecular flexibility index (Phi) is 4.17. The second-order valence-corrected chi connectivity index (χ2v) is 4.94. The molecule has 17 heavy (non-hydrogen) atoms. The van der Waals surface area contributed by atoms with Crippen LogP contribution in [0.15, 0.2) is 18.3 Å². The molecule has 0 radical (unpaired) electrons. The Morgan fingerprint density at radius 3 is 2.71 bits per heavy atom. The maximum absolute atomic E-state index is 12.8. The zero-order valence-corrected chi connectivity index (χ0v) is 10.2. The maximum atomic E-state index is 12.8. The number of hydrogen-bond acceptors (Lipinski definition) is 3. The van der Waals surface area contributed by atoms with E-state index in [1.165, 1.54) is 12.3 Å². The highest BCUT2D eigenvalue weighted by atomic mass is 19.1. The number of halogens is 1. The van der Waals surface area contributed by atoms with Gasteiger partial charge in [0.2, 0.25) is 5.95 Å². The third-order valence-corrected chi connectivity index (χ3v) is 2.52. The molecule has 1 atom stereocenters. The molecular weight excluding hydrogens is 223 g/mol. The van der Waals surface area contributed by atoms with Gasteiger partial charge in [-0.3, -0.25) is 4.79 Å². The Morgan fingerprint density at radius 2 is 2.24 bits per heavy atom. The first-order valence-corrected chi connectivity index (χ1v) is 5.38. The summed E-state index contributed by atoms with van der Waals surface area (Å²) in [5.41, 5.74) is -0.0732. The predicted octanol–water partition coefficient (Wildman–Crippen LogP) is 1.36. The van der Waals surface area contributed by atoms with Gasteiger partial charge < -0.3 is 10.4 Å². The van der Waals surface area contributed by atoms with Crippen molar-refractivity contribution < 1.29 is 14.3 Å². The van der Waals surface area contributed by atoms with E-state index in [1.807, 2.05) is 20.8 Å². The average molecular weight is 240 g/mol. The quantitative estimate of drug-likeness (QED) is 0.784. The molecule has 0 bridgehead atoms. The molecular formula is C12H17FN2O2. The fourth-order valence-corrected chi connectivity index (χ4v) is 1.32. The molecule has 1 rings (SSSR count). The smallest absolute Gasteiger partial charge is 0.251 e. The lowest BCUT2D eigenvalue weighted by Gasteiger charge is -2.29. The topological polar surface area (TPSA) is 62.2 Å². The first kappa shape index (κ1) is 13.6. The van der Waals surface area contributed by atoms with Gasteiger partial charge in [0.15, 0.2) is 0 Å². The molecule has 0 unspecified atom stereocenters. The van der Waals surface area contributed by atoms with Crippen molar-refractivity contribution in [1.82, 2.24) is 10.3 Å². The standard InChI is InChI=1S/C12H17FN2O2/c1-12(2,3)9(7-16)15-11(17)8-4-5-14-10(13)6-8/h4-6,9,16H,7H2,1-3H3,(H,15,17)/t9-/m1/s1. The number of aromatic nitrogens is 1. The number of hydrogen-bond donors (Lipinski definition) is 2. The lowest BCUT2D eigenvalue weighted by Crippen LogP contribution is -2.46. The number of carbonyl (C=O) groups is 1. The van der Waals surface area contributed by atoms with Crippen molar-refractivity contribution in [2.75, 3.05) is 6.61 Å². The Hall–Kier alpha value is -1.49. The molecule has 1 amide bonds. The molecule has 2 N–H and O–H groups in total. The van der Waals surface area contributed by atoms with Crippen LogP contribution < -0.4 is 5.32 Å². The zero-order chi connectivity index (χ0) is 13.1. The number of pyridine rings is 1. The molecule has 0 fully saturated rings. The molecule has 1 aromatic rings. The van der Waals surface area contributed by atoms with Crippen molar-refractivity contribution in [3.63, 3.8) is 0 Å². The number of nitrogens with one attached hydrogen (secondary N) is 1. The highest BCUT2D eigenvalue weighted by Gasteiger charge is 2.25. The lowest BCUT2D eigenvalue weighted by molar-refractivity contribution is 0.0847. The molecule has 0 saturated carbocycles. The van der Waals surface area contributed by atoms with E-state index in [0.717, 1.165) is 6.07 Å². The van der Waals surface area contributed by atoms with E-state index in [9.17, 15) is 14.3 Å². The first-order chi connectivity index (χ1) is 7.84. The minimum absolute atomic E-state index is 0.164. The molecule has 0 saturated heterocycles. The summed E-state index contributed by atoms with van der Waals surface area (Å²) in [4.78, 5) is 15.2. The van der Waals surface area contributed by atoms with E-state index in [-0.39, 0.29) is 23.6 Å². The van der Waals surface area contributed by atoms with Crippen LogP contribution >= 0.6 is 0 Å². The van der Waals surface area contributed by atoms with Crippen LogP contribution in [-0.2, 0) is 0 Å². The summed E-state index contributed by atoms with van der Waals surface area (Å²) in [6.45, 7) is 5.55. The Bertz CT molecular complexity index is 402. The van der Waals surface area contributed by atoms with Crippen LogP contribution in [0.25, 0.3) is 0 Å². The van der Waals surface area contributed by atoms with Crippen molar-refractivity contribution in [2.45, 2.75) is 26.8 Å². The van der Waals surface area contributed by atoms with E-state index in [1.54, 1.807) is 0 Å². The average Bonchev–Trinajstić information content (AvgIpc) is 2.23. The fourth-order valence-electron chi connectivity index (χ4n) is 1.32. The number of aliphatic hydroxyl groups excluding tert-OH is 1. The lowest BCUT2D eigenvalue weighted by atomic mass is 9.87. The largest absolute Gasteiger partial charge is 0.394 e. The third-order valence-electron chi connectivity index (χ3n) is 2.52. The molecule has 5 heteroatoms. The van der Waals surface area contributed by atoms with Gasteiger partial charge in [0, 0.05) is 17.8 Å². The van der Waals surface area contributed by atoms with Gasteiger partial charge in [-0.1, -0.05) is 20.8 Å². The maximum Gasteiger partial charge on any atom is 0.251 e. The molecule has 1 heterocycles. The van der Waals surface area contributed by atoms with Gasteiger partial charge in [0.1, 0.15) is 0 Å². The molecule has 0 aliphatic heterocycles. The van der Waals surface area contributed by atoms with Crippen molar-refractivity contribution in [3.8, 4) is 0 Å². The summed E-state index contributed by atoms with van der Waals surface area (Å²) in [6, 6.07) is 2.10. The first-order valence-electron chi connectivity index (χ1n) is 5.38. The van der Waals surface area contributed by atoms with Crippen molar-refractivity contribution >= 4 is 5.91 Å². The highest BCUT2D eigenvalue weighted by molar-refractivity contribution is 5.94. The number of carbonyl (C=O) groups excluding carboxylic acids is 1. The second kappa shape index (κ2) is 5.23. The normalized spacial score (nSPS) is 13.2. The van der Waals surface area contributed by atoms with E-state index in [0.29, 0.717) is 0 Å². The summed E-state index contributed by atoms with van der Waals surface area (Å²) in [6.07, 6.45) is 1.23. The van der Waals surface area contributed by atoms with Crippen molar-refractivity contribution in [3.05, 3.63) is 29.8 Å². The van der Waals surface area contributed by atoms with Crippen LogP contribution in [0.5, 0.6) is 0 Å². The second-order valence-electron chi connectivity index (χ2n) is 4.94. The fraction of sp³-hybridized carbons (Fsp3) is 0.500. The van der Waals surface area contributed by atoms with Crippen LogP contribution in [0.3, 0.4) is 0 Å². The van der Waals surface area contributed by atoms with Gasteiger partial charge in [0.05, 0.1) is 12.6 Å². The minimum atomic E-state index is -0.700. The minimum Gasteiger partial charge on any atom is -0.394 e. The number of aliphatic hydroxyl groups is 1. The molecule has 0 spiro atoms. The summed E-state index contributed by atoms with van der Waals surface area (Å²) in [5, 5.41) is 11.9. The predicted molar refractivity (Wildman–Crippen MR) is 62.0 cm³/mol. The van der Waals surface area contributed by atoms with Crippen molar-refractivity contribution in [2.24, 2.45) is 5.41 Å². The van der Waals surface area contributed by atoms with Gasteiger partial charge in [0.25, 0.3) is 5.91 Å². The molecule has 0 aliphatic rings. The van der Waals surface area contributed by atoms with Crippen LogP contribution in [-0.4, -0.2) is 28.6 Å². The summed E-state index contributed by atoms with van der Waals surface area (Å²) in [7, 11) is 0. The van der Waals surface area contributed by atoms with E-state index in [4.69, 9.17) is 0 Å². The van der Waals surface area contributed by atoms with Gasteiger partial charge in [-0.2, -0.15) is 4.39 Å². The van der Waals surface area contributed by atoms with Crippen LogP contribution in [0.2, 0.25) is 0 Å². The van der Waals surface area contributed by atoms with E-state index < -0.39 is 11.9 Å². The van der Waals surface area contributed by atoms with Gasteiger partial charge in [-0.25, -0.2) is 4.98 Å². The van der Waals surface area contributed by atoms with E-state index in [2.05, 4.69) is 10.3 Å². The number of rotatable bonds is 3. The summed E-state index contributed by atoms with van der Waals surface area (Å²) >= 11 is 0. The Labute approximate surface area is 99.9 Å². The number of amides is 1. The van der Waals surface area contributed by atoms with Crippen LogP contribution in [0, 0.1) is 11.4 Å². The van der Waals surface area contributed by atoms with Gasteiger partial charge >= 0.3 is 0 Å². The zero-order valence-electron chi connectivity index (χ0n) is 10.2. The van der Waals surface area contributed by atoms with E-state index >= 15 is 0 Å². The Balaban J connectivity index is 2.78. The Morgan fingerprint density at radius 1 is 1.59 bits per heavy atom. The van der Waals surface area contributed by atoms with Crippen LogP contribution in [0.4, 0.5) is 4.39 Å². The molecule has 0 aromatic carbocycles. The SMILES string of the molecule is CC(C)(C)[C@@H](CO)NC(=O)c1ccnc(F)c1.